The van der Waals surface area contributed by atoms with Gasteiger partial charge < -0.3 is 14.4 Å². The number of likely N-dealkylation sites (N-methyl/N-ethyl adjacent to an activating group) is 1. The Morgan fingerprint density at radius 3 is 2.72 bits per heavy atom. The van der Waals surface area contributed by atoms with Gasteiger partial charge in [0.15, 0.2) is 0 Å². The second kappa shape index (κ2) is 8.42. The first-order chi connectivity index (χ1) is 12.2. The number of rotatable bonds is 6. The van der Waals surface area contributed by atoms with Crippen molar-refractivity contribution in [2.75, 3.05) is 47.0 Å². The lowest BCUT2D eigenvalue weighted by Gasteiger charge is -2.28. The molecular weight excluding hydrogens is 338 g/mol. The van der Waals surface area contributed by atoms with Gasteiger partial charge in [0, 0.05) is 30.6 Å². The van der Waals surface area contributed by atoms with Crippen molar-refractivity contribution in [1.82, 2.24) is 14.8 Å². The Morgan fingerprint density at radius 2 is 2.04 bits per heavy atom. The third-order valence-electron chi connectivity index (χ3n) is 4.09. The van der Waals surface area contributed by atoms with Crippen molar-refractivity contribution in [2.45, 2.75) is 6.54 Å². The summed E-state index contributed by atoms with van der Waals surface area (Å²) in [5.74, 6) is 0.985. The van der Waals surface area contributed by atoms with Crippen LogP contribution in [0.3, 0.4) is 0 Å². The molecule has 3 rings (SSSR count). The highest BCUT2D eigenvalue weighted by molar-refractivity contribution is 7.13. The van der Waals surface area contributed by atoms with Crippen LogP contribution >= 0.6 is 11.3 Å². The summed E-state index contributed by atoms with van der Waals surface area (Å²) >= 11 is 1.61. The van der Waals surface area contributed by atoms with Gasteiger partial charge in [-0.1, -0.05) is 0 Å². The van der Waals surface area contributed by atoms with E-state index in [2.05, 4.69) is 10.4 Å². The molecule has 134 valence electrons. The van der Waals surface area contributed by atoms with E-state index in [9.17, 15) is 4.79 Å². The molecule has 0 N–H and O–H groups in total. The van der Waals surface area contributed by atoms with Gasteiger partial charge in [-0.05, 0) is 31.3 Å². The largest absolute Gasteiger partial charge is 0.497 e. The molecule has 0 saturated carbocycles. The molecule has 7 heteroatoms. The van der Waals surface area contributed by atoms with Crippen LogP contribution in [-0.2, 0) is 16.1 Å². The zero-order valence-corrected chi connectivity index (χ0v) is 15.4. The van der Waals surface area contributed by atoms with E-state index < -0.39 is 0 Å². The zero-order chi connectivity index (χ0) is 17.6. The first-order valence-electron chi connectivity index (χ1n) is 8.28. The van der Waals surface area contributed by atoms with E-state index in [0.29, 0.717) is 39.4 Å². The molecule has 1 aromatic carbocycles. The van der Waals surface area contributed by atoms with Crippen molar-refractivity contribution in [1.29, 1.82) is 0 Å². The van der Waals surface area contributed by atoms with Gasteiger partial charge in [-0.3, -0.25) is 9.69 Å². The number of aromatic nitrogens is 1. The van der Waals surface area contributed by atoms with Crippen LogP contribution in [0.4, 0.5) is 0 Å². The molecule has 25 heavy (non-hydrogen) atoms. The molecule has 1 fully saturated rings. The second-order valence-corrected chi connectivity index (χ2v) is 6.90. The van der Waals surface area contributed by atoms with E-state index in [1.54, 1.807) is 18.4 Å². The Balaban J connectivity index is 1.55. The average molecular weight is 361 g/mol. The van der Waals surface area contributed by atoms with Crippen molar-refractivity contribution in [2.24, 2.45) is 0 Å². The van der Waals surface area contributed by atoms with Gasteiger partial charge in [0.1, 0.15) is 10.8 Å². The number of hydrogen-bond acceptors (Lipinski definition) is 6. The zero-order valence-electron chi connectivity index (χ0n) is 14.6. The van der Waals surface area contributed by atoms with Crippen molar-refractivity contribution in [3.63, 3.8) is 0 Å². The molecule has 1 amide bonds. The maximum absolute atomic E-state index is 12.3. The fraction of sp³-hybridized carbons (Fsp3) is 0.444. The van der Waals surface area contributed by atoms with Crippen molar-refractivity contribution in [3.8, 4) is 16.3 Å². The van der Waals surface area contributed by atoms with Gasteiger partial charge >= 0.3 is 0 Å². The highest BCUT2D eigenvalue weighted by Gasteiger charge is 2.18. The van der Waals surface area contributed by atoms with E-state index in [0.717, 1.165) is 22.0 Å². The summed E-state index contributed by atoms with van der Waals surface area (Å²) in [4.78, 5) is 20.8. The number of amides is 1. The minimum Gasteiger partial charge on any atom is -0.497 e. The van der Waals surface area contributed by atoms with Gasteiger partial charge in [-0.15, -0.1) is 11.3 Å². The Morgan fingerprint density at radius 1 is 1.32 bits per heavy atom. The van der Waals surface area contributed by atoms with Crippen LogP contribution in [0.5, 0.6) is 5.75 Å². The lowest BCUT2D eigenvalue weighted by Crippen LogP contribution is -2.44. The molecule has 2 aromatic rings. The van der Waals surface area contributed by atoms with E-state index in [1.807, 2.05) is 41.1 Å². The van der Waals surface area contributed by atoms with Crippen molar-refractivity contribution in [3.05, 3.63) is 35.3 Å². The molecule has 0 aliphatic carbocycles. The molecule has 2 heterocycles. The van der Waals surface area contributed by atoms with Crippen molar-refractivity contribution >= 4 is 17.2 Å². The highest BCUT2D eigenvalue weighted by atomic mass is 32.1. The third-order valence-corrected chi connectivity index (χ3v) is 5.03. The quantitative estimate of drug-likeness (QED) is 0.789. The predicted molar refractivity (Wildman–Crippen MR) is 97.8 cm³/mol. The van der Waals surface area contributed by atoms with Gasteiger partial charge in [-0.2, -0.15) is 0 Å². The number of carbonyl (C=O) groups is 1. The number of nitrogens with zero attached hydrogens (tertiary/aromatic N) is 3. The van der Waals surface area contributed by atoms with Crippen LogP contribution < -0.4 is 4.74 Å². The van der Waals surface area contributed by atoms with Crippen molar-refractivity contribution < 1.29 is 14.3 Å². The maximum Gasteiger partial charge on any atom is 0.236 e. The van der Waals surface area contributed by atoms with E-state index in [4.69, 9.17) is 9.47 Å². The summed E-state index contributed by atoms with van der Waals surface area (Å²) in [5.41, 5.74) is 2.05. The second-order valence-electron chi connectivity index (χ2n) is 6.04. The van der Waals surface area contributed by atoms with E-state index in [1.165, 1.54) is 0 Å². The highest BCUT2D eigenvalue weighted by Crippen LogP contribution is 2.26. The number of carbonyl (C=O) groups excluding carboxylic acids is 1. The molecule has 1 saturated heterocycles. The minimum absolute atomic E-state index is 0.149. The minimum atomic E-state index is 0.149. The maximum atomic E-state index is 12.3. The smallest absolute Gasteiger partial charge is 0.236 e. The number of methoxy groups -OCH3 is 1. The first kappa shape index (κ1) is 17.8. The average Bonchev–Trinajstić information content (AvgIpc) is 3.10. The number of thiazole rings is 1. The molecule has 0 radical (unpaired) electrons. The Kier molecular flexibility index (Phi) is 6.01. The Bertz CT molecular complexity index is 696. The molecule has 0 unspecified atom stereocenters. The van der Waals surface area contributed by atoms with Gasteiger partial charge in [0.25, 0.3) is 0 Å². The first-order valence-corrected chi connectivity index (χ1v) is 9.16. The lowest BCUT2D eigenvalue weighted by molar-refractivity contribution is -0.136. The summed E-state index contributed by atoms with van der Waals surface area (Å²) < 4.78 is 10.5. The fourth-order valence-electron chi connectivity index (χ4n) is 2.72. The summed E-state index contributed by atoms with van der Waals surface area (Å²) in [6, 6.07) is 7.88. The van der Waals surface area contributed by atoms with Crippen LogP contribution in [0, 0.1) is 0 Å². The van der Waals surface area contributed by atoms with Gasteiger partial charge in [0.2, 0.25) is 5.91 Å². The third kappa shape index (κ3) is 4.78. The molecule has 1 aliphatic rings. The van der Waals surface area contributed by atoms with Gasteiger partial charge in [0.05, 0.1) is 32.6 Å². The molecule has 0 spiro atoms. The van der Waals surface area contributed by atoms with Crippen LogP contribution in [0.15, 0.2) is 29.6 Å². The molecule has 6 nitrogen and oxygen atoms in total. The standard InChI is InChI=1S/C18H23N3O3S/c1-20(12-17(22)21-7-9-24-10-8-21)11-15-13-25-18(19-15)14-3-5-16(23-2)6-4-14/h3-6,13H,7-12H2,1-2H3. The molecular formula is C18H23N3O3S. The van der Waals surface area contributed by atoms with E-state index in [-0.39, 0.29) is 5.91 Å². The predicted octanol–water partition coefficient (Wildman–Crippen LogP) is 2.11. The molecule has 0 bridgehead atoms. The van der Waals surface area contributed by atoms with E-state index >= 15 is 0 Å². The molecule has 1 aromatic heterocycles. The van der Waals surface area contributed by atoms with Crippen LogP contribution in [-0.4, -0.2) is 67.7 Å². The number of benzene rings is 1. The van der Waals surface area contributed by atoms with Crippen LogP contribution in [0.1, 0.15) is 5.69 Å². The van der Waals surface area contributed by atoms with Gasteiger partial charge in [-0.25, -0.2) is 4.98 Å². The lowest BCUT2D eigenvalue weighted by atomic mass is 10.2. The normalized spacial score (nSPS) is 14.8. The van der Waals surface area contributed by atoms with Crippen LogP contribution in [0.2, 0.25) is 0 Å². The number of morpholine rings is 1. The number of ether oxygens (including phenoxy) is 2. The number of hydrogen-bond donors (Lipinski definition) is 0. The summed E-state index contributed by atoms with van der Waals surface area (Å²) in [6.45, 7) is 3.69. The summed E-state index contributed by atoms with van der Waals surface area (Å²) in [6.07, 6.45) is 0. The SMILES string of the molecule is COc1ccc(-c2nc(CN(C)CC(=O)N3CCOCC3)cs2)cc1. The van der Waals surface area contributed by atoms with Crippen LogP contribution in [0.25, 0.3) is 10.6 Å². The molecule has 0 atom stereocenters. The topological polar surface area (TPSA) is 54.9 Å². The Hall–Kier alpha value is -1.96. The molecule has 1 aliphatic heterocycles. The summed E-state index contributed by atoms with van der Waals surface area (Å²) in [7, 11) is 3.61. The summed E-state index contributed by atoms with van der Waals surface area (Å²) in [5, 5.41) is 3.03. The fourth-order valence-corrected chi connectivity index (χ4v) is 3.54. The monoisotopic (exact) mass is 361 g/mol. The Labute approximate surface area is 152 Å².